The van der Waals surface area contributed by atoms with Crippen molar-refractivity contribution in [3.05, 3.63) is 57.5 Å². The molecule has 0 saturated carbocycles. The van der Waals surface area contributed by atoms with Gasteiger partial charge < -0.3 is 15.0 Å². The maximum atomic E-state index is 12.7. The summed E-state index contributed by atoms with van der Waals surface area (Å²) < 4.78 is 45.8. The Kier molecular flexibility index (Phi) is 6.31. The fourth-order valence-corrected chi connectivity index (χ4v) is 3.45. The molecule has 176 valence electrons. The molecule has 4 rings (SSSR count). The highest BCUT2D eigenvalue weighted by atomic mass is 19.4. The lowest BCUT2D eigenvalue weighted by Crippen LogP contribution is -2.35. The molecule has 0 amide bonds. The molecule has 33 heavy (non-hydrogen) atoms. The van der Waals surface area contributed by atoms with Crippen LogP contribution in [0.3, 0.4) is 0 Å². The molecule has 2 N–H and O–H groups in total. The zero-order valence-electron chi connectivity index (χ0n) is 18.1. The highest BCUT2D eigenvalue weighted by Gasteiger charge is 2.32. The minimum absolute atomic E-state index is 0.0585. The molecule has 0 radical (unpaired) electrons. The van der Waals surface area contributed by atoms with E-state index in [-0.39, 0.29) is 17.5 Å². The third kappa shape index (κ3) is 5.30. The first-order valence-electron chi connectivity index (χ1n) is 10.3. The number of aromatic nitrogens is 6. The first-order chi connectivity index (χ1) is 15.7. The second-order valence-electron chi connectivity index (χ2n) is 7.84. The Bertz CT molecular complexity index is 1160. The second-order valence-corrected chi connectivity index (χ2v) is 7.84. The van der Waals surface area contributed by atoms with Crippen LogP contribution in [0, 0.1) is 6.92 Å². The van der Waals surface area contributed by atoms with Crippen molar-refractivity contribution < 1.29 is 17.9 Å². The van der Waals surface area contributed by atoms with Crippen molar-refractivity contribution in [3.63, 3.8) is 0 Å². The summed E-state index contributed by atoms with van der Waals surface area (Å²) >= 11 is 0. The van der Waals surface area contributed by atoms with Crippen molar-refractivity contribution in [3.8, 4) is 0 Å². The third-order valence-electron chi connectivity index (χ3n) is 5.22. The molecule has 3 aromatic rings. The molecule has 10 nitrogen and oxygen atoms in total. The Morgan fingerprint density at radius 1 is 1.24 bits per heavy atom. The molecule has 1 aliphatic heterocycles. The van der Waals surface area contributed by atoms with E-state index in [0.29, 0.717) is 44.1 Å². The van der Waals surface area contributed by atoms with Gasteiger partial charge in [0.2, 0.25) is 5.95 Å². The number of halogens is 3. The van der Waals surface area contributed by atoms with Gasteiger partial charge in [-0.3, -0.25) is 9.48 Å². The molecule has 1 atom stereocenters. The van der Waals surface area contributed by atoms with E-state index >= 15 is 0 Å². The molecule has 0 aliphatic carbocycles. The summed E-state index contributed by atoms with van der Waals surface area (Å²) in [5.74, 6) is 0.248. The van der Waals surface area contributed by atoms with Crippen molar-refractivity contribution in [2.75, 3.05) is 23.4 Å². The highest BCUT2D eigenvalue weighted by molar-refractivity contribution is 5.47. The molecule has 0 unspecified atom stereocenters. The number of nitrogens with zero attached hydrogens (tertiary/aromatic N) is 6. The van der Waals surface area contributed by atoms with Crippen LogP contribution in [0.25, 0.3) is 0 Å². The van der Waals surface area contributed by atoms with Crippen LogP contribution in [0.2, 0.25) is 0 Å². The van der Waals surface area contributed by atoms with Crippen LogP contribution in [-0.4, -0.2) is 49.1 Å². The number of nitrogens with one attached hydrogen (secondary N) is 2. The van der Waals surface area contributed by atoms with Gasteiger partial charge in [0.25, 0.3) is 5.56 Å². The van der Waals surface area contributed by atoms with E-state index in [9.17, 15) is 18.0 Å². The molecule has 0 saturated heterocycles. The van der Waals surface area contributed by atoms with Gasteiger partial charge in [-0.05, 0) is 19.9 Å². The largest absolute Gasteiger partial charge is 0.419 e. The van der Waals surface area contributed by atoms with Gasteiger partial charge in [-0.2, -0.15) is 23.4 Å². The second kappa shape index (κ2) is 9.17. The van der Waals surface area contributed by atoms with Crippen LogP contribution in [-0.2, 0) is 30.6 Å². The summed E-state index contributed by atoms with van der Waals surface area (Å²) in [6.07, 6.45) is -1.31. The van der Waals surface area contributed by atoms with Crippen molar-refractivity contribution in [2.24, 2.45) is 0 Å². The number of hydrogen-bond acceptors (Lipinski definition) is 8. The van der Waals surface area contributed by atoms with Gasteiger partial charge in [-0.1, -0.05) is 0 Å². The smallest absolute Gasteiger partial charge is 0.379 e. The molecule has 1 aliphatic rings. The number of H-pyrrole nitrogens is 1. The van der Waals surface area contributed by atoms with E-state index in [0.717, 1.165) is 23.8 Å². The summed E-state index contributed by atoms with van der Waals surface area (Å²) in [4.78, 5) is 21.2. The summed E-state index contributed by atoms with van der Waals surface area (Å²) in [7, 11) is 0. The standard InChI is InChI=1S/C20H23F3N8O2/c1-12(27-17-8-26-28-18(32)13(17)2)10-33-11-15-5-16-9-30(3-4-31(16)29-15)19-24-6-14(7-25-19)20(21,22)23/h5-8,12H,3-4,9-11H2,1-2H3,(H2,27,28,32)/t12-/m0/s1. The van der Waals surface area contributed by atoms with Gasteiger partial charge in [0.15, 0.2) is 0 Å². The maximum absolute atomic E-state index is 12.7. The van der Waals surface area contributed by atoms with E-state index in [1.54, 1.807) is 13.1 Å². The SMILES string of the molecule is Cc1c(N[C@@H](C)COCc2cc3n(n2)CCN(c2ncc(C(F)(F)F)cn2)C3)cn[nH]c1=O. The Morgan fingerprint density at radius 3 is 2.73 bits per heavy atom. The van der Waals surface area contributed by atoms with Crippen LogP contribution in [0.5, 0.6) is 0 Å². The minimum atomic E-state index is -4.46. The fraction of sp³-hybridized carbons (Fsp3) is 0.450. The van der Waals surface area contributed by atoms with Crippen molar-refractivity contribution in [2.45, 2.75) is 45.8 Å². The number of hydrogen-bond donors (Lipinski definition) is 2. The molecule has 3 aromatic heterocycles. The van der Waals surface area contributed by atoms with Gasteiger partial charge in [0, 0.05) is 30.5 Å². The molecular formula is C20H23F3N8O2. The van der Waals surface area contributed by atoms with Crippen LogP contribution in [0.15, 0.2) is 29.5 Å². The zero-order chi connectivity index (χ0) is 23.6. The highest BCUT2D eigenvalue weighted by Crippen LogP contribution is 2.28. The molecule has 0 spiro atoms. The Hall–Kier alpha value is -3.48. The van der Waals surface area contributed by atoms with Crippen LogP contribution < -0.4 is 15.8 Å². The summed E-state index contributed by atoms with van der Waals surface area (Å²) in [5.41, 5.74) is 1.74. The van der Waals surface area contributed by atoms with E-state index < -0.39 is 11.7 Å². The van der Waals surface area contributed by atoms with Crippen LogP contribution >= 0.6 is 0 Å². The van der Waals surface area contributed by atoms with E-state index in [1.807, 2.05) is 22.6 Å². The molecule has 4 heterocycles. The number of fused-ring (bicyclic) bond motifs is 1. The first-order valence-corrected chi connectivity index (χ1v) is 10.3. The maximum Gasteiger partial charge on any atom is 0.419 e. The summed E-state index contributed by atoms with van der Waals surface area (Å²) in [6.45, 7) is 5.86. The lowest BCUT2D eigenvalue weighted by atomic mass is 10.2. The summed E-state index contributed by atoms with van der Waals surface area (Å²) in [5, 5.41) is 13.9. The minimum Gasteiger partial charge on any atom is -0.379 e. The lowest BCUT2D eigenvalue weighted by molar-refractivity contribution is -0.138. The summed E-state index contributed by atoms with van der Waals surface area (Å²) in [6, 6.07) is 1.84. The third-order valence-corrected chi connectivity index (χ3v) is 5.22. The van der Waals surface area contributed by atoms with Crippen molar-refractivity contribution in [1.29, 1.82) is 0 Å². The molecule has 0 fully saturated rings. The Balaban J connectivity index is 1.30. The number of anilines is 2. The van der Waals surface area contributed by atoms with Gasteiger partial charge in [-0.15, -0.1) is 0 Å². The average molecular weight is 464 g/mol. The van der Waals surface area contributed by atoms with E-state index in [2.05, 4.69) is 30.6 Å². The fourth-order valence-electron chi connectivity index (χ4n) is 3.45. The normalized spacial score (nSPS) is 14.8. The topological polar surface area (TPSA) is 114 Å². The molecular weight excluding hydrogens is 441 g/mol. The first kappa shape index (κ1) is 22.7. The molecule has 13 heteroatoms. The predicted molar refractivity (Wildman–Crippen MR) is 113 cm³/mol. The average Bonchev–Trinajstić information content (AvgIpc) is 3.18. The molecule has 0 aromatic carbocycles. The Morgan fingerprint density at radius 2 is 2.00 bits per heavy atom. The van der Waals surface area contributed by atoms with Gasteiger partial charge >= 0.3 is 6.18 Å². The Labute approximate surface area is 186 Å². The van der Waals surface area contributed by atoms with E-state index in [4.69, 9.17) is 4.74 Å². The van der Waals surface area contributed by atoms with Gasteiger partial charge in [0.05, 0.1) is 55.1 Å². The number of rotatable bonds is 7. The monoisotopic (exact) mass is 464 g/mol. The van der Waals surface area contributed by atoms with E-state index in [1.165, 1.54) is 0 Å². The lowest BCUT2D eigenvalue weighted by Gasteiger charge is -2.27. The number of alkyl halides is 3. The number of aromatic amines is 1. The van der Waals surface area contributed by atoms with Crippen LogP contribution in [0.1, 0.15) is 29.4 Å². The predicted octanol–water partition coefficient (Wildman–Crippen LogP) is 2.12. The quantitative estimate of drug-likeness (QED) is 0.547. The van der Waals surface area contributed by atoms with Crippen molar-refractivity contribution >= 4 is 11.6 Å². The van der Waals surface area contributed by atoms with Gasteiger partial charge in [0.1, 0.15) is 0 Å². The number of ether oxygens (including phenoxy) is 1. The van der Waals surface area contributed by atoms with Crippen molar-refractivity contribution in [1.82, 2.24) is 29.9 Å². The zero-order valence-corrected chi connectivity index (χ0v) is 18.1. The van der Waals surface area contributed by atoms with Crippen LogP contribution in [0.4, 0.5) is 24.8 Å². The van der Waals surface area contributed by atoms with Gasteiger partial charge in [-0.25, -0.2) is 15.1 Å². The molecule has 0 bridgehead atoms.